The topological polar surface area (TPSA) is 55.7 Å². The maximum absolute atomic E-state index is 10.0. The fourth-order valence-corrected chi connectivity index (χ4v) is 2.61. The van der Waals surface area contributed by atoms with E-state index in [0.29, 0.717) is 0 Å². The summed E-state index contributed by atoms with van der Waals surface area (Å²) in [6.07, 6.45) is 2.06. The van der Waals surface area contributed by atoms with E-state index >= 15 is 0 Å². The molecule has 1 aromatic rings. The lowest BCUT2D eigenvalue weighted by molar-refractivity contribution is 0.162. The van der Waals surface area contributed by atoms with Gasteiger partial charge in [-0.2, -0.15) is 0 Å². The van der Waals surface area contributed by atoms with Gasteiger partial charge in [-0.3, -0.25) is 4.90 Å². The summed E-state index contributed by atoms with van der Waals surface area (Å²) in [4.78, 5) is 2.38. The lowest BCUT2D eigenvalue weighted by Gasteiger charge is -2.35. The molecule has 0 unspecified atom stereocenters. The van der Waals surface area contributed by atoms with Crippen molar-refractivity contribution in [1.29, 1.82) is 0 Å². The third kappa shape index (κ3) is 2.94. The van der Waals surface area contributed by atoms with E-state index in [4.69, 9.17) is 0 Å². The summed E-state index contributed by atoms with van der Waals surface area (Å²) in [7, 11) is 0. The number of phenolic OH excluding ortho intramolecular Hbond substituents is 2. The minimum Gasteiger partial charge on any atom is -0.508 e. The van der Waals surface area contributed by atoms with E-state index in [1.807, 2.05) is 0 Å². The third-order valence-corrected chi connectivity index (χ3v) is 3.52. The summed E-state index contributed by atoms with van der Waals surface area (Å²) in [5.74, 6) is 0.504. The van der Waals surface area contributed by atoms with Crippen LogP contribution < -0.4 is 5.32 Å². The number of nitrogens with one attached hydrogen (secondary N) is 1. The van der Waals surface area contributed by atoms with Crippen LogP contribution in [0.25, 0.3) is 0 Å². The molecule has 1 aromatic carbocycles. The van der Waals surface area contributed by atoms with Crippen LogP contribution in [0.5, 0.6) is 11.5 Å². The van der Waals surface area contributed by atoms with E-state index in [1.54, 1.807) is 12.1 Å². The number of aromatic hydroxyl groups is 2. The van der Waals surface area contributed by atoms with E-state index in [2.05, 4.69) is 17.1 Å². The highest BCUT2D eigenvalue weighted by Crippen LogP contribution is 2.34. The quantitative estimate of drug-likeness (QED) is 0.714. The Bertz CT molecular complexity index is 389. The molecule has 0 aromatic heterocycles. The second-order valence-corrected chi connectivity index (χ2v) is 4.83. The van der Waals surface area contributed by atoms with Crippen LogP contribution in [-0.4, -0.2) is 41.3 Å². The van der Waals surface area contributed by atoms with E-state index in [-0.39, 0.29) is 17.5 Å². The molecule has 100 valence electrons. The van der Waals surface area contributed by atoms with E-state index in [0.717, 1.165) is 44.6 Å². The van der Waals surface area contributed by atoms with Crippen molar-refractivity contribution in [1.82, 2.24) is 10.2 Å². The zero-order valence-electron chi connectivity index (χ0n) is 10.9. The Kier molecular flexibility index (Phi) is 4.44. The van der Waals surface area contributed by atoms with Crippen LogP contribution in [0, 0.1) is 0 Å². The average molecular weight is 250 g/mol. The highest BCUT2D eigenvalue weighted by molar-refractivity contribution is 5.40. The second kappa shape index (κ2) is 6.07. The van der Waals surface area contributed by atoms with Gasteiger partial charge in [-0.15, -0.1) is 0 Å². The molecule has 0 amide bonds. The van der Waals surface area contributed by atoms with Crippen molar-refractivity contribution in [3.63, 3.8) is 0 Å². The second-order valence-electron chi connectivity index (χ2n) is 4.83. The molecule has 1 aliphatic heterocycles. The van der Waals surface area contributed by atoms with E-state index < -0.39 is 0 Å². The molecular formula is C14H22N2O2. The van der Waals surface area contributed by atoms with E-state index in [1.165, 1.54) is 6.07 Å². The summed E-state index contributed by atoms with van der Waals surface area (Å²) < 4.78 is 0. The van der Waals surface area contributed by atoms with Crippen molar-refractivity contribution < 1.29 is 10.2 Å². The fraction of sp³-hybridized carbons (Fsp3) is 0.571. The predicted octanol–water partition coefficient (Wildman–Crippen LogP) is 1.84. The summed E-state index contributed by atoms with van der Waals surface area (Å²) in [5, 5.41) is 23.0. The van der Waals surface area contributed by atoms with Crippen LogP contribution in [0.2, 0.25) is 0 Å². The van der Waals surface area contributed by atoms with E-state index in [9.17, 15) is 10.2 Å². The Morgan fingerprint density at radius 1 is 1.28 bits per heavy atom. The van der Waals surface area contributed by atoms with Crippen LogP contribution >= 0.6 is 0 Å². The minimum atomic E-state index is 0.198. The molecule has 1 fully saturated rings. The van der Waals surface area contributed by atoms with Gasteiger partial charge in [0.25, 0.3) is 0 Å². The molecule has 1 saturated heterocycles. The van der Waals surface area contributed by atoms with Crippen molar-refractivity contribution in [2.75, 3.05) is 26.2 Å². The maximum atomic E-state index is 10.0. The first-order chi connectivity index (χ1) is 8.72. The Labute approximate surface area is 108 Å². The first kappa shape index (κ1) is 13.2. The van der Waals surface area contributed by atoms with Gasteiger partial charge in [0.05, 0.1) is 0 Å². The van der Waals surface area contributed by atoms with Gasteiger partial charge in [-0.05, 0) is 24.6 Å². The van der Waals surface area contributed by atoms with Gasteiger partial charge in [-0.1, -0.05) is 13.3 Å². The molecule has 1 heterocycles. The lowest BCUT2D eigenvalue weighted by atomic mass is 9.98. The highest BCUT2D eigenvalue weighted by atomic mass is 16.3. The number of benzene rings is 1. The van der Waals surface area contributed by atoms with Gasteiger partial charge in [-0.25, -0.2) is 0 Å². The van der Waals surface area contributed by atoms with Crippen molar-refractivity contribution in [3.8, 4) is 11.5 Å². The monoisotopic (exact) mass is 250 g/mol. The van der Waals surface area contributed by atoms with Gasteiger partial charge in [0.1, 0.15) is 11.5 Å². The molecule has 4 heteroatoms. The molecule has 1 atom stereocenters. The van der Waals surface area contributed by atoms with Gasteiger partial charge in [0.2, 0.25) is 0 Å². The Morgan fingerprint density at radius 2 is 2.00 bits per heavy atom. The Morgan fingerprint density at radius 3 is 2.67 bits per heavy atom. The SMILES string of the molecule is CCC[C@@H](c1cc(O)ccc1O)N1CCNCC1. The molecule has 0 radical (unpaired) electrons. The van der Waals surface area contributed by atoms with Gasteiger partial charge in [0.15, 0.2) is 0 Å². The van der Waals surface area contributed by atoms with Gasteiger partial charge < -0.3 is 15.5 Å². The molecule has 0 bridgehead atoms. The zero-order valence-corrected chi connectivity index (χ0v) is 10.9. The lowest BCUT2D eigenvalue weighted by Crippen LogP contribution is -2.45. The number of hydrogen-bond donors (Lipinski definition) is 3. The maximum Gasteiger partial charge on any atom is 0.120 e. The molecule has 18 heavy (non-hydrogen) atoms. The molecule has 0 aliphatic carbocycles. The van der Waals surface area contributed by atoms with Crippen LogP contribution in [0.4, 0.5) is 0 Å². The Hall–Kier alpha value is -1.26. The summed E-state index contributed by atoms with van der Waals surface area (Å²) >= 11 is 0. The summed E-state index contributed by atoms with van der Waals surface area (Å²) in [5.41, 5.74) is 0.846. The van der Waals surface area contributed by atoms with Crippen molar-refractivity contribution in [3.05, 3.63) is 23.8 Å². The average Bonchev–Trinajstić information content (AvgIpc) is 2.40. The molecule has 0 saturated carbocycles. The van der Waals surface area contributed by atoms with Gasteiger partial charge >= 0.3 is 0 Å². The fourth-order valence-electron chi connectivity index (χ4n) is 2.61. The van der Waals surface area contributed by atoms with Crippen molar-refractivity contribution >= 4 is 0 Å². The Balaban J connectivity index is 2.24. The first-order valence-electron chi connectivity index (χ1n) is 6.69. The van der Waals surface area contributed by atoms with Crippen molar-refractivity contribution in [2.24, 2.45) is 0 Å². The predicted molar refractivity (Wildman–Crippen MR) is 71.9 cm³/mol. The number of phenols is 2. The van der Waals surface area contributed by atoms with Gasteiger partial charge in [0, 0.05) is 37.8 Å². The van der Waals surface area contributed by atoms with Crippen LogP contribution in [0.1, 0.15) is 31.4 Å². The summed E-state index contributed by atoms with van der Waals surface area (Å²) in [6.45, 7) is 6.09. The number of rotatable bonds is 4. The van der Waals surface area contributed by atoms with Crippen LogP contribution in [0.3, 0.4) is 0 Å². The zero-order chi connectivity index (χ0) is 13.0. The van der Waals surface area contributed by atoms with Crippen molar-refractivity contribution in [2.45, 2.75) is 25.8 Å². The minimum absolute atomic E-state index is 0.198. The first-order valence-corrected chi connectivity index (χ1v) is 6.69. The molecule has 4 nitrogen and oxygen atoms in total. The molecule has 2 rings (SSSR count). The third-order valence-electron chi connectivity index (χ3n) is 3.52. The molecule has 1 aliphatic rings. The molecule has 3 N–H and O–H groups in total. The normalized spacial score (nSPS) is 18.7. The molecular weight excluding hydrogens is 228 g/mol. The number of hydrogen-bond acceptors (Lipinski definition) is 4. The standard InChI is InChI=1S/C14H22N2O2/c1-2-3-13(16-8-6-15-7-9-16)12-10-11(17)4-5-14(12)18/h4-5,10,13,15,17-18H,2-3,6-9H2,1H3/t13-/m0/s1. The smallest absolute Gasteiger partial charge is 0.120 e. The van der Waals surface area contributed by atoms with Crippen LogP contribution in [-0.2, 0) is 0 Å². The highest BCUT2D eigenvalue weighted by Gasteiger charge is 2.23. The summed E-state index contributed by atoms with van der Waals surface area (Å²) in [6, 6.07) is 5.00. The number of piperazine rings is 1. The number of nitrogens with zero attached hydrogens (tertiary/aromatic N) is 1. The largest absolute Gasteiger partial charge is 0.508 e. The van der Waals surface area contributed by atoms with Crippen LogP contribution in [0.15, 0.2) is 18.2 Å². The molecule has 0 spiro atoms.